The van der Waals surface area contributed by atoms with Gasteiger partial charge in [0.05, 0.1) is 0 Å². The molecule has 0 radical (unpaired) electrons. The van der Waals surface area contributed by atoms with Gasteiger partial charge in [-0.25, -0.2) is 0 Å². The van der Waals surface area contributed by atoms with Crippen LogP contribution < -0.4 is 5.32 Å². The number of rotatable bonds is 4. The van der Waals surface area contributed by atoms with Crippen molar-refractivity contribution in [1.29, 1.82) is 0 Å². The molecule has 1 amide bonds. The molecular formula is C14H18ClNO. The second-order valence-electron chi connectivity index (χ2n) is 5.26. The fourth-order valence-corrected chi connectivity index (χ4v) is 2.26. The summed E-state index contributed by atoms with van der Waals surface area (Å²) in [6, 6.07) is 9.45. The number of alkyl halides is 1. The maximum absolute atomic E-state index is 12.0. The predicted octanol–water partition coefficient (Wildman–Crippen LogP) is 3.27. The summed E-state index contributed by atoms with van der Waals surface area (Å²) in [5, 5.41) is 2.44. The van der Waals surface area contributed by atoms with Gasteiger partial charge in [-0.3, -0.25) is 4.79 Å². The van der Waals surface area contributed by atoms with E-state index in [4.69, 9.17) is 11.6 Å². The molecule has 1 atom stereocenters. The maximum atomic E-state index is 12.0. The molecule has 1 aliphatic rings. The largest absolute Gasteiger partial charge is 0.349 e. The quantitative estimate of drug-likeness (QED) is 0.818. The minimum Gasteiger partial charge on any atom is -0.349 e. The van der Waals surface area contributed by atoms with Gasteiger partial charge in [0.25, 0.3) is 0 Å². The number of hydrogen-bond acceptors (Lipinski definition) is 1. The number of carbonyl (C=O) groups excluding carboxylic acids is 1. The highest BCUT2D eigenvalue weighted by atomic mass is 35.5. The van der Waals surface area contributed by atoms with Crippen molar-refractivity contribution in [2.45, 2.75) is 37.6 Å². The molecule has 0 aliphatic heterocycles. The summed E-state index contributed by atoms with van der Waals surface area (Å²) in [5.41, 5.74) is 0.706. The zero-order valence-corrected chi connectivity index (χ0v) is 11.0. The Labute approximate surface area is 107 Å². The molecule has 1 aromatic carbocycles. The van der Waals surface area contributed by atoms with Crippen LogP contribution in [0.5, 0.6) is 0 Å². The molecular weight excluding hydrogens is 234 g/mol. The number of amides is 1. The third kappa shape index (κ3) is 3.01. The molecule has 0 aromatic heterocycles. The summed E-state index contributed by atoms with van der Waals surface area (Å²) in [7, 11) is 0. The monoisotopic (exact) mass is 251 g/mol. The second kappa shape index (κ2) is 4.69. The molecule has 1 N–H and O–H groups in total. The number of benzene rings is 1. The SMILES string of the molecule is CC(C)(NC(=O)C(Cl)c1ccccc1)C1CC1. The first-order valence-electron chi connectivity index (χ1n) is 6.02. The van der Waals surface area contributed by atoms with Crippen LogP contribution in [0.4, 0.5) is 0 Å². The summed E-state index contributed by atoms with van der Waals surface area (Å²) >= 11 is 6.18. The standard InChI is InChI=1S/C14H18ClNO/c1-14(2,11-8-9-11)16-13(17)12(15)10-6-4-3-5-7-10/h3-7,11-12H,8-9H2,1-2H3,(H,16,17). The van der Waals surface area contributed by atoms with Gasteiger partial charge in [0.15, 0.2) is 0 Å². The minimum absolute atomic E-state index is 0.102. The Balaban J connectivity index is 2.00. The summed E-state index contributed by atoms with van der Waals surface area (Å²) in [6.45, 7) is 4.13. The van der Waals surface area contributed by atoms with Crippen LogP contribution in [-0.4, -0.2) is 11.4 Å². The van der Waals surface area contributed by atoms with E-state index in [1.165, 1.54) is 12.8 Å². The lowest BCUT2D eigenvalue weighted by atomic mass is 9.98. The van der Waals surface area contributed by atoms with Crippen molar-refractivity contribution in [2.75, 3.05) is 0 Å². The molecule has 0 heterocycles. The Hall–Kier alpha value is -1.02. The van der Waals surface area contributed by atoms with E-state index in [9.17, 15) is 4.79 Å². The number of nitrogens with one attached hydrogen (secondary N) is 1. The van der Waals surface area contributed by atoms with Crippen molar-refractivity contribution in [1.82, 2.24) is 5.32 Å². The Kier molecular flexibility index (Phi) is 3.43. The molecule has 1 fully saturated rings. The molecule has 0 saturated heterocycles. The zero-order chi connectivity index (χ0) is 12.5. The third-order valence-corrected chi connectivity index (χ3v) is 3.82. The Bertz CT molecular complexity index is 398. The molecule has 3 heteroatoms. The molecule has 1 aromatic rings. The summed E-state index contributed by atoms with van der Waals surface area (Å²) in [6.07, 6.45) is 2.40. The Morgan fingerprint density at radius 1 is 1.35 bits per heavy atom. The summed E-state index contributed by atoms with van der Waals surface area (Å²) < 4.78 is 0. The van der Waals surface area contributed by atoms with Crippen LogP contribution in [0.25, 0.3) is 0 Å². The van der Waals surface area contributed by atoms with Crippen molar-refractivity contribution in [3.8, 4) is 0 Å². The molecule has 1 unspecified atom stereocenters. The van der Waals surface area contributed by atoms with Gasteiger partial charge in [0.1, 0.15) is 5.38 Å². The smallest absolute Gasteiger partial charge is 0.243 e. The van der Waals surface area contributed by atoms with Gasteiger partial charge < -0.3 is 5.32 Å². The first kappa shape index (κ1) is 12.4. The predicted molar refractivity (Wildman–Crippen MR) is 70.0 cm³/mol. The Morgan fingerprint density at radius 3 is 2.47 bits per heavy atom. The van der Waals surface area contributed by atoms with Crippen molar-refractivity contribution in [2.24, 2.45) is 5.92 Å². The summed E-state index contributed by atoms with van der Waals surface area (Å²) in [4.78, 5) is 12.0. The van der Waals surface area contributed by atoms with Crippen LogP contribution in [0.3, 0.4) is 0 Å². The topological polar surface area (TPSA) is 29.1 Å². The van der Waals surface area contributed by atoms with Gasteiger partial charge in [-0.15, -0.1) is 11.6 Å². The van der Waals surface area contributed by atoms with Gasteiger partial charge in [0, 0.05) is 5.54 Å². The second-order valence-corrected chi connectivity index (χ2v) is 5.69. The zero-order valence-electron chi connectivity index (χ0n) is 10.2. The highest BCUT2D eigenvalue weighted by molar-refractivity contribution is 6.30. The van der Waals surface area contributed by atoms with E-state index in [1.807, 2.05) is 30.3 Å². The van der Waals surface area contributed by atoms with Crippen LogP contribution >= 0.6 is 11.6 Å². The lowest BCUT2D eigenvalue weighted by Crippen LogP contribution is -2.46. The van der Waals surface area contributed by atoms with Crippen LogP contribution in [-0.2, 0) is 4.79 Å². The first-order chi connectivity index (χ1) is 8.00. The fraction of sp³-hybridized carbons (Fsp3) is 0.500. The average Bonchev–Trinajstić information content (AvgIpc) is 3.12. The van der Waals surface area contributed by atoms with E-state index in [1.54, 1.807) is 0 Å². The summed E-state index contributed by atoms with van der Waals surface area (Å²) in [5.74, 6) is 0.501. The molecule has 2 rings (SSSR count). The van der Waals surface area contributed by atoms with Gasteiger partial charge >= 0.3 is 0 Å². The minimum atomic E-state index is -0.603. The van der Waals surface area contributed by atoms with E-state index in [0.29, 0.717) is 5.92 Å². The fourth-order valence-electron chi connectivity index (χ4n) is 2.06. The number of halogens is 1. The molecule has 17 heavy (non-hydrogen) atoms. The molecule has 1 saturated carbocycles. The van der Waals surface area contributed by atoms with Gasteiger partial charge in [-0.2, -0.15) is 0 Å². The van der Waals surface area contributed by atoms with E-state index >= 15 is 0 Å². The normalized spacial score (nSPS) is 17.6. The molecule has 0 bridgehead atoms. The lowest BCUT2D eigenvalue weighted by Gasteiger charge is -2.27. The van der Waals surface area contributed by atoms with Gasteiger partial charge in [-0.05, 0) is 38.2 Å². The average molecular weight is 252 g/mol. The van der Waals surface area contributed by atoms with Crippen molar-refractivity contribution in [3.05, 3.63) is 35.9 Å². The van der Waals surface area contributed by atoms with Crippen molar-refractivity contribution < 1.29 is 4.79 Å². The van der Waals surface area contributed by atoms with Crippen LogP contribution in [0.15, 0.2) is 30.3 Å². The Morgan fingerprint density at radius 2 is 1.94 bits per heavy atom. The van der Waals surface area contributed by atoms with Crippen molar-refractivity contribution >= 4 is 17.5 Å². The van der Waals surface area contributed by atoms with Crippen LogP contribution in [0.1, 0.15) is 37.6 Å². The maximum Gasteiger partial charge on any atom is 0.243 e. The third-order valence-electron chi connectivity index (χ3n) is 3.37. The highest BCUT2D eigenvalue weighted by Gasteiger charge is 2.39. The van der Waals surface area contributed by atoms with E-state index < -0.39 is 5.38 Å². The molecule has 92 valence electrons. The molecule has 2 nitrogen and oxygen atoms in total. The first-order valence-corrected chi connectivity index (χ1v) is 6.45. The van der Waals surface area contributed by atoms with Gasteiger partial charge in [-0.1, -0.05) is 30.3 Å². The van der Waals surface area contributed by atoms with Crippen molar-refractivity contribution in [3.63, 3.8) is 0 Å². The number of carbonyl (C=O) groups is 1. The molecule has 0 spiro atoms. The highest BCUT2D eigenvalue weighted by Crippen LogP contribution is 2.39. The molecule has 1 aliphatic carbocycles. The lowest BCUT2D eigenvalue weighted by molar-refractivity contribution is -0.122. The van der Waals surface area contributed by atoms with E-state index in [2.05, 4.69) is 19.2 Å². The van der Waals surface area contributed by atoms with Crippen LogP contribution in [0.2, 0.25) is 0 Å². The van der Waals surface area contributed by atoms with Crippen LogP contribution in [0, 0.1) is 5.92 Å². The van der Waals surface area contributed by atoms with Gasteiger partial charge in [0.2, 0.25) is 5.91 Å². The van der Waals surface area contributed by atoms with E-state index in [0.717, 1.165) is 5.56 Å². The van der Waals surface area contributed by atoms with E-state index in [-0.39, 0.29) is 11.4 Å². The number of hydrogen-bond donors (Lipinski definition) is 1.